The Bertz CT molecular complexity index is 293. The van der Waals surface area contributed by atoms with Gasteiger partial charge in [-0.3, -0.25) is 4.79 Å². The van der Waals surface area contributed by atoms with Crippen molar-refractivity contribution >= 4 is 12.0 Å². The van der Waals surface area contributed by atoms with E-state index in [1.165, 1.54) is 13.3 Å². The highest BCUT2D eigenvalue weighted by Gasteiger charge is 2.28. The van der Waals surface area contributed by atoms with Crippen molar-refractivity contribution in [1.29, 1.82) is 0 Å². The highest BCUT2D eigenvalue weighted by Crippen LogP contribution is 2.27. The van der Waals surface area contributed by atoms with Gasteiger partial charge in [-0.2, -0.15) is 0 Å². The van der Waals surface area contributed by atoms with E-state index in [4.69, 9.17) is 5.11 Å². The largest absolute Gasteiger partial charge is 0.480 e. The summed E-state index contributed by atoms with van der Waals surface area (Å²) in [7, 11) is 1.75. The predicted molar refractivity (Wildman–Crippen MR) is 64.8 cm³/mol. The number of amides is 2. The van der Waals surface area contributed by atoms with Crippen molar-refractivity contribution in [3.63, 3.8) is 0 Å². The number of aliphatic carboxylic acids is 1. The zero-order chi connectivity index (χ0) is 13.0. The molecular weight excluding hydrogens is 220 g/mol. The fraction of sp³-hybridized carbons (Fsp3) is 0.833. The van der Waals surface area contributed by atoms with Crippen LogP contribution in [0.25, 0.3) is 0 Å². The van der Waals surface area contributed by atoms with E-state index >= 15 is 0 Å². The van der Waals surface area contributed by atoms with Crippen LogP contribution >= 0.6 is 0 Å². The van der Waals surface area contributed by atoms with Crippen LogP contribution in [0.2, 0.25) is 0 Å². The van der Waals surface area contributed by atoms with Crippen LogP contribution in [-0.4, -0.2) is 41.1 Å². The molecule has 1 saturated carbocycles. The van der Waals surface area contributed by atoms with Gasteiger partial charge >= 0.3 is 12.0 Å². The molecule has 1 fully saturated rings. The Balaban J connectivity index is 2.53. The first-order valence-corrected chi connectivity index (χ1v) is 6.19. The van der Waals surface area contributed by atoms with Gasteiger partial charge < -0.3 is 15.3 Å². The molecule has 2 N–H and O–H groups in total. The van der Waals surface area contributed by atoms with Crippen molar-refractivity contribution in [2.75, 3.05) is 7.05 Å². The molecule has 98 valence electrons. The molecule has 0 heterocycles. The molecule has 0 aromatic rings. The van der Waals surface area contributed by atoms with E-state index in [0.29, 0.717) is 5.92 Å². The maximum Gasteiger partial charge on any atom is 0.325 e. The van der Waals surface area contributed by atoms with Gasteiger partial charge in [-0.25, -0.2) is 4.79 Å². The third-order valence-electron chi connectivity index (χ3n) is 3.59. The number of hydrogen-bond donors (Lipinski definition) is 2. The third-order valence-corrected chi connectivity index (χ3v) is 3.59. The summed E-state index contributed by atoms with van der Waals surface area (Å²) >= 11 is 0. The lowest BCUT2D eigenvalue weighted by molar-refractivity contribution is -0.138. The number of carboxylic acid groups (broad SMARTS) is 1. The van der Waals surface area contributed by atoms with Crippen molar-refractivity contribution in [1.82, 2.24) is 10.2 Å². The fourth-order valence-corrected chi connectivity index (χ4v) is 2.37. The van der Waals surface area contributed by atoms with Crippen LogP contribution < -0.4 is 5.32 Å². The Labute approximate surface area is 102 Å². The van der Waals surface area contributed by atoms with E-state index in [1.807, 2.05) is 0 Å². The summed E-state index contributed by atoms with van der Waals surface area (Å²) in [6.07, 6.45) is 4.50. The molecule has 17 heavy (non-hydrogen) atoms. The number of rotatable bonds is 3. The maximum atomic E-state index is 11.9. The van der Waals surface area contributed by atoms with Crippen molar-refractivity contribution < 1.29 is 14.7 Å². The van der Waals surface area contributed by atoms with Gasteiger partial charge in [-0.05, 0) is 25.7 Å². The Morgan fingerprint density at radius 1 is 1.35 bits per heavy atom. The van der Waals surface area contributed by atoms with E-state index < -0.39 is 12.0 Å². The lowest BCUT2D eigenvalue weighted by Crippen LogP contribution is -2.51. The number of carbonyl (C=O) groups is 2. The Morgan fingerprint density at radius 3 is 2.47 bits per heavy atom. The first kappa shape index (κ1) is 13.8. The van der Waals surface area contributed by atoms with Crippen LogP contribution in [0.4, 0.5) is 4.79 Å². The minimum atomic E-state index is -1.01. The first-order chi connectivity index (χ1) is 7.93. The Hall–Kier alpha value is -1.26. The highest BCUT2D eigenvalue weighted by atomic mass is 16.4. The van der Waals surface area contributed by atoms with Gasteiger partial charge in [0.05, 0.1) is 0 Å². The highest BCUT2D eigenvalue weighted by molar-refractivity contribution is 5.82. The number of nitrogens with zero attached hydrogens (tertiary/aromatic N) is 1. The molecule has 5 heteroatoms. The SMILES string of the molecule is CC1CCCCC1N(C)C(=O)N[C@@H](C)C(=O)O. The minimum Gasteiger partial charge on any atom is -0.480 e. The summed E-state index contributed by atoms with van der Waals surface area (Å²) in [5, 5.41) is 11.2. The summed E-state index contributed by atoms with van der Waals surface area (Å²) in [6, 6.07) is -0.910. The van der Waals surface area contributed by atoms with Crippen LogP contribution in [0.15, 0.2) is 0 Å². The van der Waals surface area contributed by atoms with Gasteiger partial charge in [0.25, 0.3) is 0 Å². The number of hydrogen-bond acceptors (Lipinski definition) is 2. The lowest BCUT2D eigenvalue weighted by Gasteiger charge is -2.36. The molecule has 0 saturated heterocycles. The van der Waals surface area contributed by atoms with Gasteiger partial charge in [-0.15, -0.1) is 0 Å². The first-order valence-electron chi connectivity index (χ1n) is 6.19. The van der Waals surface area contributed by atoms with E-state index in [9.17, 15) is 9.59 Å². The van der Waals surface area contributed by atoms with Crippen molar-refractivity contribution in [2.24, 2.45) is 5.92 Å². The summed E-state index contributed by atoms with van der Waals surface area (Å²) < 4.78 is 0. The summed E-state index contributed by atoms with van der Waals surface area (Å²) in [4.78, 5) is 24.2. The van der Waals surface area contributed by atoms with Crippen molar-refractivity contribution in [3.05, 3.63) is 0 Å². The second kappa shape index (κ2) is 5.89. The second-order valence-electron chi connectivity index (χ2n) is 4.95. The quantitative estimate of drug-likeness (QED) is 0.791. The number of carbonyl (C=O) groups excluding carboxylic acids is 1. The van der Waals surface area contributed by atoms with Crippen LogP contribution in [0.5, 0.6) is 0 Å². The van der Waals surface area contributed by atoms with Crippen molar-refractivity contribution in [2.45, 2.75) is 51.6 Å². The van der Waals surface area contributed by atoms with Crippen LogP contribution in [0.1, 0.15) is 39.5 Å². The minimum absolute atomic E-state index is 0.227. The standard InChI is InChI=1S/C12H22N2O3/c1-8-6-4-5-7-10(8)14(3)12(17)13-9(2)11(15)16/h8-10H,4-7H2,1-3H3,(H,13,17)(H,15,16)/t8?,9-,10?/m0/s1. The van der Waals surface area contributed by atoms with Gasteiger partial charge in [0.15, 0.2) is 0 Å². The van der Waals surface area contributed by atoms with Crippen LogP contribution in [0.3, 0.4) is 0 Å². The van der Waals surface area contributed by atoms with Crippen molar-refractivity contribution in [3.8, 4) is 0 Å². The van der Waals surface area contributed by atoms with Crippen LogP contribution in [-0.2, 0) is 4.79 Å². The normalized spacial score (nSPS) is 26.1. The molecule has 1 rings (SSSR count). The smallest absolute Gasteiger partial charge is 0.325 e. The summed E-state index contributed by atoms with van der Waals surface area (Å²) in [5.41, 5.74) is 0. The van der Waals surface area contributed by atoms with E-state index in [-0.39, 0.29) is 12.1 Å². The molecule has 0 bridgehead atoms. The number of carboxylic acids is 1. The van der Waals surface area contributed by atoms with E-state index in [1.54, 1.807) is 11.9 Å². The molecule has 1 aliphatic rings. The van der Waals surface area contributed by atoms with Crippen LogP contribution in [0, 0.1) is 5.92 Å². The third kappa shape index (κ3) is 3.61. The summed E-state index contributed by atoms with van der Waals surface area (Å²) in [6.45, 7) is 3.62. The lowest BCUT2D eigenvalue weighted by atomic mass is 9.85. The Morgan fingerprint density at radius 2 is 1.94 bits per heavy atom. The molecule has 0 aromatic carbocycles. The molecular formula is C12H22N2O3. The zero-order valence-electron chi connectivity index (χ0n) is 10.8. The monoisotopic (exact) mass is 242 g/mol. The average Bonchev–Trinajstić information content (AvgIpc) is 2.28. The molecule has 0 radical (unpaired) electrons. The molecule has 1 aliphatic carbocycles. The molecule has 2 amide bonds. The second-order valence-corrected chi connectivity index (χ2v) is 4.95. The Kier molecular flexibility index (Phi) is 4.78. The molecule has 2 unspecified atom stereocenters. The molecule has 0 aromatic heterocycles. The summed E-state index contributed by atoms with van der Waals surface area (Å²) in [5.74, 6) is -0.525. The molecule has 3 atom stereocenters. The average molecular weight is 242 g/mol. The fourth-order valence-electron chi connectivity index (χ4n) is 2.37. The van der Waals surface area contributed by atoms with Gasteiger partial charge in [-0.1, -0.05) is 19.8 Å². The van der Waals surface area contributed by atoms with E-state index in [2.05, 4.69) is 12.2 Å². The van der Waals surface area contributed by atoms with Gasteiger partial charge in [0, 0.05) is 13.1 Å². The zero-order valence-corrected chi connectivity index (χ0v) is 10.8. The molecule has 5 nitrogen and oxygen atoms in total. The topological polar surface area (TPSA) is 69.6 Å². The molecule has 0 aliphatic heterocycles. The number of nitrogens with one attached hydrogen (secondary N) is 1. The van der Waals surface area contributed by atoms with Gasteiger partial charge in [0.2, 0.25) is 0 Å². The molecule has 0 spiro atoms. The predicted octanol–water partition coefficient (Wildman–Crippen LogP) is 1.68. The maximum absolute atomic E-state index is 11.9. The van der Waals surface area contributed by atoms with E-state index in [0.717, 1.165) is 19.3 Å². The number of urea groups is 1. The van der Waals surface area contributed by atoms with Gasteiger partial charge in [0.1, 0.15) is 6.04 Å².